The van der Waals surface area contributed by atoms with E-state index in [4.69, 9.17) is 5.73 Å². The Labute approximate surface area is 110 Å². The normalized spacial score (nSPS) is 32.6. The number of piperidine rings is 2. The summed E-state index contributed by atoms with van der Waals surface area (Å²) >= 11 is 0. The lowest BCUT2D eigenvalue weighted by Gasteiger charge is -2.40. The molecule has 0 bridgehead atoms. The fraction of sp³-hybridized carbons (Fsp3) is 1.00. The van der Waals surface area contributed by atoms with E-state index in [2.05, 4.69) is 0 Å². The van der Waals surface area contributed by atoms with Crippen molar-refractivity contribution in [2.45, 2.75) is 45.1 Å². The van der Waals surface area contributed by atoms with Gasteiger partial charge in [-0.2, -0.15) is 17.0 Å². The fourth-order valence-electron chi connectivity index (χ4n) is 2.90. The van der Waals surface area contributed by atoms with Crippen LogP contribution in [0.15, 0.2) is 0 Å². The van der Waals surface area contributed by atoms with Crippen molar-refractivity contribution in [3.63, 3.8) is 0 Å². The highest BCUT2D eigenvalue weighted by atomic mass is 32.2. The van der Waals surface area contributed by atoms with Crippen LogP contribution >= 0.6 is 0 Å². The summed E-state index contributed by atoms with van der Waals surface area (Å²) < 4.78 is 28.6. The van der Waals surface area contributed by atoms with E-state index in [0.29, 0.717) is 32.1 Å². The van der Waals surface area contributed by atoms with Crippen molar-refractivity contribution in [1.29, 1.82) is 0 Å². The molecule has 5 nitrogen and oxygen atoms in total. The van der Waals surface area contributed by atoms with Crippen molar-refractivity contribution >= 4 is 10.2 Å². The van der Waals surface area contributed by atoms with Crippen LogP contribution in [0.3, 0.4) is 0 Å². The predicted molar refractivity (Wildman–Crippen MR) is 72.3 cm³/mol. The molecule has 0 amide bonds. The zero-order chi connectivity index (χ0) is 13.2. The molecule has 2 aliphatic rings. The summed E-state index contributed by atoms with van der Waals surface area (Å²) in [5.41, 5.74) is 5.70. The minimum Gasteiger partial charge on any atom is -0.330 e. The summed E-state index contributed by atoms with van der Waals surface area (Å²) in [5, 5.41) is 0. The zero-order valence-electron chi connectivity index (χ0n) is 11.2. The van der Waals surface area contributed by atoms with Gasteiger partial charge in [-0.15, -0.1) is 0 Å². The van der Waals surface area contributed by atoms with Crippen LogP contribution in [-0.4, -0.2) is 49.2 Å². The highest BCUT2D eigenvalue weighted by Crippen LogP contribution is 2.27. The second kappa shape index (κ2) is 5.86. The maximum Gasteiger partial charge on any atom is 0.282 e. The molecule has 0 aromatic carbocycles. The molecule has 0 radical (unpaired) electrons. The molecule has 0 aromatic rings. The average Bonchev–Trinajstić information content (AvgIpc) is 2.40. The molecule has 2 rings (SSSR count). The van der Waals surface area contributed by atoms with E-state index >= 15 is 0 Å². The Morgan fingerprint density at radius 2 is 1.83 bits per heavy atom. The lowest BCUT2D eigenvalue weighted by Crippen LogP contribution is -2.53. The molecule has 2 heterocycles. The molecule has 2 saturated heterocycles. The topological polar surface area (TPSA) is 66.6 Å². The minimum atomic E-state index is -3.27. The van der Waals surface area contributed by atoms with Crippen molar-refractivity contribution in [3.8, 4) is 0 Å². The predicted octanol–water partition coefficient (Wildman–Crippen LogP) is 0.776. The smallest absolute Gasteiger partial charge is 0.282 e. The molecular weight excluding hydrogens is 250 g/mol. The van der Waals surface area contributed by atoms with Crippen molar-refractivity contribution in [3.05, 3.63) is 0 Å². The number of nitrogens with zero attached hydrogens (tertiary/aromatic N) is 2. The van der Waals surface area contributed by atoms with E-state index in [-0.39, 0.29) is 6.04 Å². The molecule has 2 unspecified atom stereocenters. The van der Waals surface area contributed by atoms with Crippen LogP contribution in [0.5, 0.6) is 0 Å². The largest absolute Gasteiger partial charge is 0.330 e. The molecule has 6 heteroatoms. The Balaban J connectivity index is 2.11. The van der Waals surface area contributed by atoms with Crippen molar-refractivity contribution in [2.24, 2.45) is 11.7 Å². The summed E-state index contributed by atoms with van der Waals surface area (Å²) in [5.74, 6) is 0.320. The summed E-state index contributed by atoms with van der Waals surface area (Å²) in [7, 11) is -3.27. The summed E-state index contributed by atoms with van der Waals surface area (Å²) in [6, 6.07) is 0.111. The second-order valence-electron chi connectivity index (χ2n) is 5.57. The van der Waals surface area contributed by atoms with Gasteiger partial charge < -0.3 is 5.73 Å². The standard InChI is InChI=1S/C12H25N3O2S/c1-11-5-6-12(9-13)10-15(11)18(16,17)14-7-3-2-4-8-14/h11-12H,2-10,13H2,1H3. The molecule has 0 saturated carbocycles. The van der Waals surface area contributed by atoms with Crippen LogP contribution in [0.4, 0.5) is 0 Å². The quantitative estimate of drug-likeness (QED) is 0.827. The van der Waals surface area contributed by atoms with Gasteiger partial charge in [0.1, 0.15) is 0 Å². The minimum absolute atomic E-state index is 0.111. The fourth-order valence-corrected chi connectivity index (χ4v) is 4.88. The van der Waals surface area contributed by atoms with Crippen LogP contribution in [0.1, 0.15) is 39.0 Å². The molecule has 0 aromatic heterocycles. The molecule has 0 aliphatic carbocycles. The van der Waals surface area contributed by atoms with Crippen molar-refractivity contribution < 1.29 is 8.42 Å². The number of rotatable bonds is 3. The molecule has 2 fully saturated rings. The van der Waals surface area contributed by atoms with Gasteiger partial charge in [0.25, 0.3) is 10.2 Å². The van der Waals surface area contributed by atoms with E-state index in [0.717, 1.165) is 32.1 Å². The maximum atomic E-state index is 12.6. The number of hydrogen-bond acceptors (Lipinski definition) is 3. The van der Waals surface area contributed by atoms with E-state index in [1.807, 2.05) is 6.92 Å². The van der Waals surface area contributed by atoms with Gasteiger partial charge in [-0.05, 0) is 45.1 Å². The molecule has 2 atom stereocenters. The van der Waals surface area contributed by atoms with Crippen molar-refractivity contribution in [2.75, 3.05) is 26.2 Å². The number of nitrogens with two attached hydrogens (primary N) is 1. The van der Waals surface area contributed by atoms with Crippen LogP contribution in [0.2, 0.25) is 0 Å². The first kappa shape index (κ1) is 14.2. The first-order valence-corrected chi connectivity index (χ1v) is 8.42. The van der Waals surface area contributed by atoms with Gasteiger partial charge in [-0.25, -0.2) is 0 Å². The first-order valence-electron chi connectivity index (χ1n) is 7.02. The Morgan fingerprint density at radius 3 is 2.44 bits per heavy atom. The van der Waals surface area contributed by atoms with E-state index in [1.165, 1.54) is 0 Å². The van der Waals surface area contributed by atoms with Gasteiger partial charge >= 0.3 is 0 Å². The van der Waals surface area contributed by atoms with Crippen LogP contribution in [0, 0.1) is 5.92 Å². The second-order valence-corrected chi connectivity index (χ2v) is 7.45. The third kappa shape index (κ3) is 2.87. The van der Waals surface area contributed by atoms with Crippen LogP contribution in [-0.2, 0) is 10.2 Å². The van der Waals surface area contributed by atoms with Gasteiger partial charge in [0.15, 0.2) is 0 Å². The Kier molecular flexibility index (Phi) is 4.64. The summed E-state index contributed by atoms with van der Waals surface area (Å²) in [6.45, 7) is 4.54. The van der Waals surface area contributed by atoms with Gasteiger partial charge in [-0.3, -0.25) is 0 Å². The zero-order valence-corrected chi connectivity index (χ0v) is 12.0. The Bertz CT molecular complexity index is 366. The van der Waals surface area contributed by atoms with Gasteiger partial charge in [-0.1, -0.05) is 6.42 Å². The van der Waals surface area contributed by atoms with Crippen molar-refractivity contribution in [1.82, 2.24) is 8.61 Å². The lowest BCUT2D eigenvalue weighted by atomic mass is 9.96. The number of hydrogen-bond donors (Lipinski definition) is 1. The van der Waals surface area contributed by atoms with Gasteiger partial charge in [0.2, 0.25) is 0 Å². The van der Waals surface area contributed by atoms with Crippen LogP contribution in [0.25, 0.3) is 0 Å². The third-order valence-electron chi connectivity index (χ3n) is 4.19. The van der Waals surface area contributed by atoms with Gasteiger partial charge in [0.05, 0.1) is 0 Å². The first-order chi connectivity index (χ1) is 8.55. The molecular formula is C12H25N3O2S. The lowest BCUT2D eigenvalue weighted by molar-refractivity contribution is 0.192. The molecule has 0 spiro atoms. The van der Waals surface area contributed by atoms with Gasteiger partial charge in [0, 0.05) is 25.7 Å². The molecule has 18 heavy (non-hydrogen) atoms. The Morgan fingerprint density at radius 1 is 1.17 bits per heavy atom. The third-order valence-corrected chi connectivity index (χ3v) is 6.31. The SMILES string of the molecule is CC1CCC(CN)CN1S(=O)(=O)N1CCCCC1. The summed E-state index contributed by atoms with van der Waals surface area (Å²) in [6.07, 6.45) is 5.09. The highest BCUT2D eigenvalue weighted by Gasteiger charge is 2.37. The summed E-state index contributed by atoms with van der Waals surface area (Å²) in [4.78, 5) is 0. The molecule has 2 N–H and O–H groups in total. The molecule has 2 aliphatic heterocycles. The van der Waals surface area contributed by atoms with E-state index in [1.54, 1.807) is 8.61 Å². The monoisotopic (exact) mass is 275 g/mol. The average molecular weight is 275 g/mol. The highest BCUT2D eigenvalue weighted by molar-refractivity contribution is 7.86. The molecule has 106 valence electrons. The van der Waals surface area contributed by atoms with E-state index in [9.17, 15) is 8.42 Å². The van der Waals surface area contributed by atoms with Crippen LogP contribution < -0.4 is 5.73 Å². The van der Waals surface area contributed by atoms with E-state index < -0.39 is 10.2 Å². The Hall–Kier alpha value is -0.170. The maximum absolute atomic E-state index is 12.6.